The second kappa shape index (κ2) is 7.79. The third kappa shape index (κ3) is 4.32. The van der Waals surface area contributed by atoms with Crippen LogP contribution in [-0.4, -0.2) is 19.1 Å². The Morgan fingerprint density at radius 3 is 3.00 bits per heavy atom. The Labute approximate surface area is 125 Å². The second-order valence-electron chi connectivity index (χ2n) is 5.39. The Balaban J connectivity index is 1.73. The Kier molecular flexibility index (Phi) is 6.05. The molecule has 0 amide bonds. The van der Waals surface area contributed by atoms with E-state index >= 15 is 0 Å². The number of carbonyl (C=O) groups excluding carboxylic acids is 1. The lowest BCUT2D eigenvalue weighted by Crippen LogP contribution is -2.20. The number of carbonyl (C=O) groups is 1. The van der Waals surface area contributed by atoms with Crippen LogP contribution in [0.2, 0.25) is 0 Å². The van der Waals surface area contributed by atoms with E-state index in [1.54, 1.807) is 10.4 Å². The zero-order valence-electron chi connectivity index (χ0n) is 12.5. The van der Waals surface area contributed by atoms with Crippen molar-refractivity contribution in [2.24, 2.45) is 0 Å². The molecule has 0 spiro atoms. The van der Waals surface area contributed by atoms with Crippen LogP contribution < -0.4 is 5.32 Å². The fraction of sp³-hybridized carbons (Fsp3) is 0.688. The number of rotatable bonds is 7. The van der Waals surface area contributed by atoms with E-state index in [4.69, 9.17) is 4.74 Å². The lowest BCUT2D eigenvalue weighted by molar-refractivity contribution is -0.143. The first-order valence-electron chi connectivity index (χ1n) is 7.71. The van der Waals surface area contributed by atoms with Crippen LogP contribution in [0.15, 0.2) is 6.07 Å². The first kappa shape index (κ1) is 15.5. The molecule has 0 saturated heterocycles. The summed E-state index contributed by atoms with van der Waals surface area (Å²) >= 11 is 1.96. The molecule has 1 unspecified atom stereocenters. The molecular formula is C16H25NO2S. The average molecular weight is 295 g/mol. The Hall–Kier alpha value is -0.870. The average Bonchev–Trinajstić information content (AvgIpc) is 2.87. The van der Waals surface area contributed by atoms with Gasteiger partial charge in [-0.05, 0) is 64.1 Å². The van der Waals surface area contributed by atoms with Gasteiger partial charge >= 0.3 is 5.97 Å². The SMILES string of the molecule is CCOC(=O)CCCNC(C)c1cc2c(s1)CCCC2. The van der Waals surface area contributed by atoms with Crippen LogP contribution in [0.1, 0.15) is 60.9 Å². The van der Waals surface area contributed by atoms with Crippen LogP contribution in [-0.2, 0) is 22.4 Å². The highest BCUT2D eigenvalue weighted by molar-refractivity contribution is 7.12. The van der Waals surface area contributed by atoms with E-state index in [0.29, 0.717) is 19.1 Å². The molecule has 1 aromatic heterocycles. The summed E-state index contributed by atoms with van der Waals surface area (Å²) in [5.74, 6) is -0.0893. The van der Waals surface area contributed by atoms with E-state index < -0.39 is 0 Å². The van der Waals surface area contributed by atoms with E-state index in [-0.39, 0.29) is 5.97 Å². The first-order valence-corrected chi connectivity index (χ1v) is 8.53. The van der Waals surface area contributed by atoms with Crippen molar-refractivity contribution in [3.8, 4) is 0 Å². The molecule has 1 N–H and O–H groups in total. The molecule has 1 aliphatic carbocycles. The topological polar surface area (TPSA) is 38.3 Å². The largest absolute Gasteiger partial charge is 0.466 e. The van der Waals surface area contributed by atoms with Crippen LogP contribution in [0, 0.1) is 0 Å². The van der Waals surface area contributed by atoms with Crippen molar-refractivity contribution in [2.75, 3.05) is 13.2 Å². The van der Waals surface area contributed by atoms with Crippen LogP contribution in [0.3, 0.4) is 0 Å². The van der Waals surface area contributed by atoms with E-state index in [0.717, 1.165) is 13.0 Å². The summed E-state index contributed by atoms with van der Waals surface area (Å²) in [6, 6.07) is 2.76. The lowest BCUT2D eigenvalue weighted by Gasteiger charge is -2.11. The van der Waals surface area contributed by atoms with E-state index in [1.807, 2.05) is 18.3 Å². The smallest absolute Gasteiger partial charge is 0.305 e. The van der Waals surface area contributed by atoms with Crippen molar-refractivity contribution in [3.63, 3.8) is 0 Å². The number of fused-ring (bicyclic) bond motifs is 1. The number of ether oxygens (including phenoxy) is 1. The normalized spacial score (nSPS) is 15.7. The molecule has 1 atom stereocenters. The highest BCUT2D eigenvalue weighted by Gasteiger charge is 2.16. The van der Waals surface area contributed by atoms with Crippen LogP contribution >= 0.6 is 11.3 Å². The molecule has 1 aromatic rings. The van der Waals surface area contributed by atoms with E-state index in [9.17, 15) is 4.79 Å². The first-order chi connectivity index (χ1) is 9.70. The second-order valence-corrected chi connectivity index (χ2v) is 6.56. The monoisotopic (exact) mass is 295 g/mol. The van der Waals surface area contributed by atoms with E-state index in [2.05, 4.69) is 18.3 Å². The number of thiophene rings is 1. The molecule has 0 radical (unpaired) electrons. The minimum absolute atomic E-state index is 0.0893. The zero-order valence-corrected chi connectivity index (χ0v) is 13.4. The maximum Gasteiger partial charge on any atom is 0.305 e. The van der Waals surface area contributed by atoms with Crippen molar-refractivity contribution in [1.82, 2.24) is 5.32 Å². The summed E-state index contributed by atoms with van der Waals surface area (Å²) in [4.78, 5) is 14.3. The predicted octanol–water partition coefficient (Wildman–Crippen LogP) is 3.62. The van der Waals surface area contributed by atoms with Crippen molar-refractivity contribution in [3.05, 3.63) is 21.4 Å². The summed E-state index contributed by atoms with van der Waals surface area (Å²) in [5, 5.41) is 3.51. The number of nitrogens with one attached hydrogen (secondary N) is 1. The number of hydrogen-bond acceptors (Lipinski definition) is 4. The van der Waals surface area contributed by atoms with Gasteiger partial charge in [0.1, 0.15) is 0 Å². The third-order valence-corrected chi connectivity index (χ3v) is 5.18. The molecule has 1 heterocycles. The van der Waals surface area contributed by atoms with E-state index in [1.165, 1.54) is 30.6 Å². The highest BCUT2D eigenvalue weighted by Crippen LogP contribution is 2.32. The van der Waals surface area contributed by atoms with Gasteiger partial charge in [0.15, 0.2) is 0 Å². The van der Waals surface area contributed by atoms with Gasteiger partial charge in [-0.2, -0.15) is 0 Å². The quantitative estimate of drug-likeness (QED) is 0.617. The molecular weight excluding hydrogens is 270 g/mol. The van der Waals surface area contributed by atoms with Crippen molar-refractivity contribution >= 4 is 17.3 Å². The predicted molar refractivity (Wildman–Crippen MR) is 83.2 cm³/mol. The fourth-order valence-electron chi connectivity index (χ4n) is 2.61. The van der Waals surface area contributed by atoms with Gasteiger partial charge in [-0.15, -0.1) is 11.3 Å². The molecule has 0 aromatic carbocycles. The van der Waals surface area contributed by atoms with Crippen molar-refractivity contribution < 1.29 is 9.53 Å². The van der Waals surface area contributed by atoms with Gasteiger partial charge < -0.3 is 10.1 Å². The molecule has 3 nitrogen and oxygen atoms in total. The van der Waals surface area contributed by atoms with Gasteiger partial charge in [0, 0.05) is 22.2 Å². The van der Waals surface area contributed by atoms with Gasteiger partial charge in [0.2, 0.25) is 0 Å². The minimum atomic E-state index is -0.0893. The standard InChI is InChI=1S/C16H25NO2S/c1-3-19-16(18)9-6-10-17-12(2)15-11-13-7-4-5-8-14(13)20-15/h11-12,17H,3-10H2,1-2H3. The molecule has 0 saturated carbocycles. The summed E-state index contributed by atoms with van der Waals surface area (Å²) in [5.41, 5.74) is 1.57. The van der Waals surface area contributed by atoms with Crippen molar-refractivity contribution in [2.45, 2.75) is 58.4 Å². The Morgan fingerprint density at radius 1 is 1.45 bits per heavy atom. The summed E-state index contributed by atoms with van der Waals surface area (Å²) in [7, 11) is 0. The molecule has 112 valence electrons. The Morgan fingerprint density at radius 2 is 2.25 bits per heavy atom. The highest BCUT2D eigenvalue weighted by atomic mass is 32.1. The molecule has 0 bridgehead atoms. The fourth-order valence-corrected chi connectivity index (χ4v) is 3.90. The molecule has 2 rings (SSSR count). The van der Waals surface area contributed by atoms with Crippen LogP contribution in [0.4, 0.5) is 0 Å². The number of hydrogen-bond donors (Lipinski definition) is 1. The maximum atomic E-state index is 11.2. The minimum Gasteiger partial charge on any atom is -0.466 e. The van der Waals surface area contributed by atoms with Gasteiger partial charge in [-0.1, -0.05) is 0 Å². The van der Waals surface area contributed by atoms with Crippen molar-refractivity contribution in [1.29, 1.82) is 0 Å². The molecule has 20 heavy (non-hydrogen) atoms. The lowest BCUT2D eigenvalue weighted by atomic mass is 9.99. The van der Waals surface area contributed by atoms with Gasteiger partial charge in [0.05, 0.1) is 6.61 Å². The molecule has 0 aliphatic heterocycles. The third-order valence-electron chi connectivity index (χ3n) is 3.76. The van der Waals surface area contributed by atoms with Gasteiger partial charge in [-0.25, -0.2) is 0 Å². The van der Waals surface area contributed by atoms with Crippen LogP contribution in [0.5, 0.6) is 0 Å². The molecule has 1 aliphatic rings. The Bertz CT molecular complexity index is 418. The number of aryl methyl sites for hydroxylation is 2. The zero-order chi connectivity index (χ0) is 14.4. The molecule has 0 fully saturated rings. The van der Waals surface area contributed by atoms with Gasteiger partial charge in [-0.3, -0.25) is 4.79 Å². The molecule has 4 heteroatoms. The summed E-state index contributed by atoms with van der Waals surface area (Å²) in [6.07, 6.45) is 6.54. The number of esters is 1. The van der Waals surface area contributed by atoms with Gasteiger partial charge in [0.25, 0.3) is 0 Å². The summed E-state index contributed by atoms with van der Waals surface area (Å²) < 4.78 is 4.92. The van der Waals surface area contributed by atoms with Crippen LogP contribution in [0.25, 0.3) is 0 Å². The maximum absolute atomic E-state index is 11.2. The summed E-state index contributed by atoms with van der Waals surface area (Å²) in [6.45, 7) is 5.39.